The summed E-state index contributed by atoms with van der Waals surface area (Å²) in [5.41, 5.74) is 3.44. The molecule has 2 aromatic carbocycles. The Kier molecular flexibility index (Phi) is 4.14. The van der Waals surface area contributed by atoms with Crippen LogP contribution in [0.15, 0.2) is 83.0 Å². The molecule has 28 heavy (non-hydrogen) atoms. The summed E-state index contributed by atoms with van der Waals surface area (Å²) in [6.07, 6.45) is 3.35. The molecule has 5 aromatic rings. The van der Waals surface area contributed by atoms with Crippen molar-refractivity contribution >= 4 is 33.7 Å². The fourth-order valence-corrected chi connectivity index (χ4v) is 4.19. The van der Waals surface area contributed by atoms with Crippen molar-refractivity contribution in [3.8, 4) is 5.69 Å². The number of thioether (sulfide) groups is 1. The van der Waals surface area contributed by atoms with E-state index in [2.05, 4.69) is 20.1 Å². The highest BCUT2D eigenvalue weighted by molar-refractivity contribution is 7.98. The van der Waals surface area contributed by atoms with E-state index in [4.69, 9.17) is 0 Å². The number of fused-ring (bicyclic) bond motifs is 2. The summed E-state index contributed by atoms with van der Waals surface area (Å²) < 4.78 is 1.81. The van der Waals surface area contributed by atoms with Gasteiger partial charge in [-0.3, -0.25) is 4.79 Å². The highest BCUT2D eigenvalue weighted by Crippen LogP contribution is 2.29. The van der Waals surface area contributed by atoms with Crippen molar-refractivity contribution in [1.29, 1.82) is 0 Å². The number of hydrogen-bond donors (Lipinski definition) is 1. The molecule has 0 unspecified atom stereocenters. The molecule has 0 amide bonds. The Morgan fingerprint density at radius 2 is 1.79 bits per heavy atom. The van der Waals surface area contributed by atoms with Crippen molar-refractivity contribution in [2.24, 2.45) is 0 Å². The first kappa shape index (κ1) is 16.7. The molecule has 0 bridgehead atoms. The van der Waals surface area contributed by atoms with Crippen molar-refractivity contribution < 1.29 is 0 Å². The average molecular weight is 385 g/mol. The molecule has 0 spiro atoms. The van der Waals surface area contributed by atoms with E-state index < -0.39 is 0 Å². The maximum absolute atomic E-state index is 12.0. The van der Waals surface area contributed by atoms with Crippen LogP contribution >= 0.6 is 11.8 Å². The summed E-state index contributed by atoms with van der Waals surface area (Å²) in [6.45, 7) is 0. The molecule has 0 aliphatic carbocycles. The zero-order valence-corrected chi connectivity index (χ0v) is 15.6. The zero-order valence-electron chi connectivity index (χ0n) is 14.7. The number of aromatic amines is 1. The molecule has 0 fully saturated rings. The smallest absolute Gasteiger partial charge is 0.248 e. The predicted octanol–water partition coefficient (Wildman–Crippen LogP) is 3.95. The maximum Gasteiger partial charge on any atom is 0.248 e. The molecule has 6 nitrogen and oxygen atoms in total. The van der Waals surface area contributed by atoms with Crippen molar-refractivity contribution in [2.75, 3.05) is 0 Å². The lowest BCUT2D eigenvalue weighted by atomic mass is 10.1. The lowest BCUT2D eigenvalue weighted by molar-refractivity contribution is 0.893. The van der Waals surface area contributed by atoms with Crippen LogP contribution < -0.4 is 5.56 Å². The van der Waals surface area contributed by atoms with Crippen LogP contribution in [0.4, 0.5) is 0 Å². The second kappa shape index (κ2) is 6.94. The number of H-pyrrole nitrogens is 1. The van der Waals surface area contributed by atoms with E-state index in [1.54, 1.807) is 30.4 Å². The molecule has 3 aromatic heterocycles. The third kappa shape index (κ3) is 2.95. The van der Waals surface area contributed by atoms with Crippen molar-refractivity contribution in [2.45, 2.75) is 10.8 Å². The average Bonchev–Trinajstić information content (AvgIpc) is 3.17. The van der Waals surface area contributed by atoms with Gasteiger partial charge in [-0.1, -0.05) is 36.4 Å². The molecule has 0 radical (unpaired) electrons. The van der Waals surface area contributed by atoms with Gasteiger partial charge in [-0.05, 0) is 23.8 Å². The minimum Gasteiger partial charge on any atom is -0.322 e. The Morgan fingerprint density at radius 1 is 0.964 bits per heavy atom. The van der Waals surface area contributed by atoms with E-state index >= 15 is 0 Å². The third-order valence-corrected chi connectivity index (χ3v) is 5.58. The summed E-state index contributed by atoms with van der Waals surface area (Å²) in [4.78, 5) is 23.7. The van der Waals surface area contributed by atoms with Crippen LogP contribution in [-0.2, 0) is 5.75 Å². The van der Waals surface area contributed by atoms with E-state index in [9.17, 15) is 4.79 Å². The van der Waals surface area contributed by atoms with Gasteiger partial charge < -0.3 is 4.98 Å². The molecule has 0 saturated carbocycles. The van der Waals surface area contributed by atoms with E-state index in [0.717, 1.165) is 38.2 Å². The lowest BCUT2D eigenvalue weighted by Gasteiger charge is -2.07. The van der Waals surface area contributed by atoms with Gasteiger partial charge in [0.05, 0.1) is 17.3 Å². The van der Waals surface area contributed by atoms with Gasteiger partial charge in [-0.2, -0.15) is 5.10 Å². The molecule has 1 N–H and O–H groups in total. The Balaban J connectivity index is 1.52. The van der Waals surface area contributed by atoms with Gasteiger partial charge in [-0.25, -0.2) is 14.6 Å². The Hall–Kier alpha value is -3.45. The number of rotatable bonds is 4. The Morgan fingerprint density at radius 3 is 2.68 bits per heavy atom. The number of nitrogens with zero attached hydrogens (tertiary/aromatic N) is 4. The maximum atomic E-state index is 12.0. The quantitative estimate of drug-likeness (QED) is 0.374. The molecule has 136 valence electrons. The minimum absolute atomic E-state index is 0.0981. The summed E-state index contributed by atoms with van der Waals surface area (Å²) in [5.74, 6) is 0.632. The summed E-state index contributed by atoms with van der Waals surface area (Å²) in [6, 6.07) is 19.4. The van der Waals surface area contributed by atoms with Gasteiger partial charge in [-0.15, -0.1) is 11.8 Å². The molecule has 7 heteroatoms. The fraction of sp³-hybridized carbons (Fsp3) is 0.0476. The first-order valence-corrected chi connectivity index (χ1v) is 9.76. The molecule has 0 atom stereocenters. The van der Waals surface area contributed by atoms with Crippen LogP contribution in [0, 0.1) is 0 Å². The van der Waals surface area contributed by atoms with Gasteiger partial charge in [0, 0.05) is 22.7 Å². The Labute approximate surface area is 164 Å². The standard InChI is InChI=1S/C21H15N5OS/c27-19-10-14(16-8-4-5-9-18(16)25-19)12-28-21-17-11-24-26(20(17)22-13-23-21)15-6-2-1-3-7-15/h1-11,13H,12H2,(H,25,27). The van der Waals surface area contributed by atoms with Gasteiger partial charge in [0.15, 0.2) is 5.65 Å². The van der Waals surface area contributed by atoms with Gasteiger partial charge in [0.2, 0.25) is 5.56 Å². The first-order valence-electron chi connectivity index (χ1n) is 8.77. The van der Waals surface area contributed by atoms with E-state index in [-0.39, 0.29) is 5.56 Å². The largest absolute Gasteiger partial charge is 0.322 e. The number of aromatic nitrogens is 5. The third-order valence-electron chi connectivity index (χ3n) is 4.53. The van der Waals surface area contributed by atoms with Gasteiger partial charge >= 0.3 is 0 Å². The first-order chi connectivity index (χ1) is 13.8. The molecular formula is C21H15N5OS. The van der Waals surface area contributed by atoms with Crippen LogP contribution in [0.25, 0.3) is 27.6 Å². The van der Waals surface area contributed by atoms with E-state index in [1.165, 1.54) is 0 Å². The minimum atomic E-state index is -0.0981. The number of para-hydroxylation sites is 2. The molecule has 0 aliphatic rings. The summed E-state index contributed by atoms with van der Waals surface area (Å²) in [7, 11) is 0. The fourth-order valence-electron chi connectivity index (χ4n) is 3.24. The second-order valence-corrected chi connectivity index (χ2v) is 7.27. The van der Waals surface area contributed by atoms with E-state index in [0.29, 0.717) is 5.75 Å². The number of pyridine rings is 1. The molecule has 5 rings (SSSR count). The van der Waals surface area contributed by atoms with Crippen LogP contribution in [0.5, 0.6) is 0 Å². The number of benzene rings is 2. The molecular weight excluding hydrogens is 370 g/mol. The van der Waals surface area contributed by atoms with Crippen LogP contribution in [0.1, 0.15) is 5.56 Å². The van der Waals surface area contributed by atoms with Crippen molar-refractivity contribution in [3.05, 3.63) is 89.1 Å². The van der Waals surface area contributed by atoms with Crippen LogP contribution in [-0.4, -0.2) is 24.7 Å². The predicted molar refractivity (Wildman–Crippen MR) is 111 cm³/mol. The van der Waals surface area contributed by atoms with Gasteiger partial charge in [0.25, 0.3) is 0 Å². The highest BCUT2D eigenvalue weighted by atomic mass is 32.2. The number of nitrogens with one attached hydrogen (secondary N) is 1. The van der Waals surface area contributed by atoms with Gasteiger partial charge in [0.1, 0.15) is 11.4 Å². The normalized spacial score (nSPS) is 11.3. The van der Waals surface area contributed by atoms with Crippen molar-refractivity contribution in [1.82, 2.24) is 24.7 Å². The van der Waals surface area contributed by atoms with E-state index in [1.807, 2.05) is 59.3 Å². The zero-order chi connectivity index (χ0) is 18.9. The SMILES string of the molecule is O=c1cc(CSc2ncnc3c2cnn3-c2ccccc2)c2ccccc2[nH]1. The number of hydrogen-bond acceptors (Lipinski definition) is 5. The lowest BCUT2D eigenvalue weighted by Crippen LogP contribution is -2.06. The molecule has 0 aliphatic heterocycles. The highest BCUT2D eigenvalue weighted by Gasteiger charge is 2.12. The van der Waals surface area contributed by atoms with Crippen LogP contribution in [0.2, 0.25) is 0 Å². The van der Waals surface area contributed by atoms with Crippen LogP contribution in [0.3, 0.4) is 0 Å². The topological polar surface area (TPSA) is 76.5 Å². The second-order valence-electron chi connectivity index (χ2n) is 6.30. The Bertz CT molecular complexity index is 1340. The monoisotopic (exact) mass is 385 g/mol. The summed E-state index contributed by atoms with van der Waals surface area (Å²) in [5, 5.41) is 7.27. The molecule has 0 saturated heterocycles. The van der Waals surface area contributed by atoms with Crippen molar-refractivity contribution in [3.63, 3.8) is 0 Å². The summed E-state index contributed by atoms with van der Waals surface area (Å²) >= 11 is 1.58. The molecule has 3 heterocycles.